The zero-order valence-corrected chi connectivity index (χ0v) is 13.9. The molecule has 0 aromatic heterocycles. The van der Waals surface area contributed by atoms with Crippen LogP contribution in [0.4, 0.5) is 0 Å². The van der Waals surface area contributed by atoms with Crippen molar-refractivity contribution in [3.8, 4) is 0 Å². The predicted molar refractivity (Wildman–Crippen MR) is 86.0 cm³/mol. The van der Waals surface area contributed by atoms with Crippen LogP contribution in [0.15, 0.2) is 40.1 Å². The van der Waals surface area contributed by atoms with Crippen molar-refractivity contribution in [2.45, 2.75) is 52.0 Å². The van der Waals surface area contributed by atoms with Crippen molar-refractivity contribution in [1.82, 2.24) is 0 Å². The second-order valence-corrected chi connectivity index (χ2v) is 7.13. The van der Waals surface area contributed by atoms with Crippen molar-refractivity contribution in [2.75, 3.05) is 0 Å². The van der Waals surface area contributed by atoms with Gasteiger partial charge in [-0.3, -0.25) is 0 Å². The molecule has 112 valence electrons. The molecule has 1 aromatic rings. The number of rotatable bonds is 6. The van der Waals surface area contributed by atoms with Crippen LogP contribution >= 0.6 is 0 Å². The summed E-state index contributed by atoms with van der Waals surface area (Å²) >= 11 is 0. The van der Waals surface area contributed by atoms with Crippen LogP contribution in [0.25, 0.3) is 0 Å². The van der Waals surface area contributed by atoms with E-state index in [1.54, 1.807) is 6.92 Å². The highest BCUT2D eigenvalue weighted by Crippen LogP contribution is 2.28. The van der Waals surface area contributed by atoms with Crippen molar-refractivity contribution in [3.63, 3.8) is 0 Å². The molecule has 0 saturated heterocycles. The molecule has 0 amide bonds. The van der Waals surface area contributed by atoms with E-state index in [0.29, 0.717) is 5.92 Å². The van der Waals surface area contributed by atoms with Crippen molar-refractivity contribution >= 4 is 10.8 Å². The van der Waals surface area contributed by atoms with Crippen molar-refractivity contribution in [1.29, 1.82) is 0 Å². The lowest BCUT2D eigenvalue weighted by Gasteiger charge is -2.22. The van der Waals surface area contributed by atoms with Crippen molar-refractivity contribution < 1.29 is 9.32 Å². The predicted octanol–water partition coefficient (Wildman–Crippen LogP) is 4.05. The van der Waals surface area contributed by atoms with Crippen LogP contribution in [-0.2, 0) is 10.8 Å². The first kappa shape index (κ1) is 17.1. The molecule has 0 radical (unpaired) electrons. The highest BCUT2D eigenvalue weighted by Gasteiger charge is 2.24. The van der Waals surface area contributed by atoms with Crippen LogP contribution in [0.3, 0.4) is 0 Å². The fourth-order valence-electron chi connectivity index (χ4n) is 2.23. The Morgan fingerprint density at radius 2 is 1.80 bits per heavy atom. The Bertz CT molecular complexity index is 472. The van der Waals surface area contributed by atoms with Gasteiger partial charge < -0.3 is 5.11 Å². The van der Waals surface area contributed by atoms with Gasteiger partial charge in [-0.2, -0.15) is 0 Å². The second-order valence-electron chi connectivity index (χ2n) is 5.65. The molecule has 1 rings (SSSR count). The van der Waals surface area contributed by atoms with Gasteiger partial charge in [0.25, 0.3) is 0 Å². The minimum atomic E-state index is -1.20. The van der Waals surface area contributed by atoms with Crippen LogP contribution in [-0.4, -0.2) is 15.4 Å². The van der Waals surface area contributed by atoms with Crippen LogP contribution in [0.5, 0.6) is 0 Å². The molecule has 0 heterocycles. The Labute approximate surface area is 125 Å². The lowest BCUT2D eigenvalue weighted by molar-refractivity contribution is 0.144. The number of aliphatic hydroxyl groups is 1. The van der Waals surface area contributed by atoms with Gasteiger partial charge in [0, 0.05) is 15.7 Å². The number of aliphatic hydroxyl groups excluding tert-OH is 1. The van der Waals surface area contributed by atoms with E-state index < -0.39 is 16.9 Å². The van der Waals surface area contributed by atoms with Gasteiger partial charge in [-0.1, -0.05) is 44.5 Å². The Morgan fingerprint density at radius 3 is 2.20 bits per heavy atom. The maximum atomic E-state index is 12.8. The molecule has 0 fully saturated rings. The van der Waals surface area contributed by atoms with Crippen LogP contribution in [0.2, 0.25) is 0 Å². The van der Waals surface area contributed by atoms with Crippen LogP contribution in [0, 0.1) is 18.8 Å². The largest absolute Gasteiger partial charge is 0.393 e. The highest BCUT2D eigenvalue weighted by atomic mass is 32.2. The molecule has 0 aliphatic carbocycles. The number of allylic oxidation sites excluding steroid dienone is 1. The number of benzene rings is 1. The molecule has 0 aliphatic rings. The van der Waals surface area contributed by atoms with Gasteiger partial charge in [0.15, 0.2) is 0 Å². The summed E-state index contributed by atoms with van der Waals surface area (Å²) in [5, 5.41) is 9.96. The summed E-state index contributed by atoms with van der Waals surface area (Å²) in [6.45, 7) is 9.96. The summed E-state index contributed by atoms with van der Waals surface area (Å²) in [6.07, 6.45) is 2.34. The molecule has 0 bridgehead atoms. The molecule has 20 heavy (non-hydrogen) atoms. The summed E-state index contributed by atoms with van der Waals surface area (Å²) in [5.41, 5.74) is 1.16. The van der Waals surface area contributed by atoms with E-state index in [1.165, 1.54) is 0 Å². The van der Waals surface area contributed by atoms with E-state index >= 15 is 0 Å². The summed E-state index contributed by atoms with van der Waals surface area (Å²) in [7, 11) is -1.20. The maximum absolute atomic E-state index is 12.8. The van der Waals surface area contributed by atoms with Crippen LogP contribution in [0.1, 0.15) is 39.7 Å². The van der Waals surface area contributed by atoms with E-state index in [0.717, 1.165) is 21.8 Å². The van der Waals surface area contributed by atoms with E-state index in [-0.39, 0.29) is 5.92 Å². The van der Waals surface area contributed by atoms with Gasteiger partial charge >= 0.3 is 0 Å². The summed E-state index contributed by atoms with van der Waals surface area (Å²) in [5.74, 6) is 0.256. The molecule has 0 aliphatic heterocycles. The molecule has 1 aromatic carbocycles. The molecule has 1 N–H and O–H groups in total. The number of hydrogen-bond donors (Lipinski definition) is 1. The molecule has 3 heteroatoms. The normalized spacial score (nSPS) is 17.1. The summed E-state index contributed by atoms with van der Waals surface area (Å²) < 4.78 is 12.8. The lowest BCUT2D eigenvalue weighted by atomic mass is 9.98. The molecule has 0 unspecified atom stereocenters. The third-order valence-corrected chi connectivity index (χ3v) is 4.90. The van der Waals surface area contributed by atoms with Crippen molar-refractivity contribution in [3.05, 3.63) is 40.8 Å². The first-order valence-electron chi connectivity index (χ1n) is 7.25. The fraction of sp³-hybridized carbons (Fsp3) is 0.529. The monoisotopic (exact) mass is 294 g/mol. The van der Waals surface area contributed by atoms with Crippen molar-refractivity contribution in [2.24, 2.45) is 11.8 Å². The first-order chi connectivity index (χ1) is 9.36. The minimum Gasteiger partial charge on any atom is -0.393 e. The maximum Gasteiger partial charge on any atom is 0.0809 e. The molecule has 0 spiro atoms. The number of hydrogen-bond acceptors (Lipinski definition) is 2. The Morgan fingerprint density at radius 1 is 1.25 bits per heavy atom. The first-order valence-corrected chi connectivity index (χ1v) is 8.40. The van der Waals surface area contributed by atoms with Gasteiger partial charge in [-0.15, -0.1) is 0 Å². The van der Waals surface area contributed by atoms with Gasteiger partial charge in [-0.25, -0.2) is 4.21 Å². The Balaban J connectivity index is 3.17. The standard InChI is InChI=1S/C17H26O2S/c1-6-16(14(5)18)17(11-12(2)3)20(19)15-9-7-13(4)8-10-15/h7-12,14,16,18H,6H2,1-5H3/b17-11+/t14-,16-,20+/m1/s1. The van der Waals surface area contributed by atoms with E-state index in [9.17, 15) is 9.32 Å². The third-order valence-electron chi connectivity index (χ3n) is 3.33. The topological polar surface area (TPSA) is 37.3 Å². The van der Waals surface area contributed by atoms with Gasteiger partial charge in [0.05, 0.1) is 16.9 Å². The smallest absolute Gasteiger partial charge is 0.0809 e. The zero-order valence-electron chi connectivity index (χ0n) is 13.1. The van der Waals surface area contributed by atoms with Crippen LogP contribution < -0.4 is 0 Å². The average Bonchev–Trinajstić information content (AvgIpc) is 2.37. The van der Waals surface area contributed by atoms with Gasteiger partial charge in [0.1, 0.15) is 0 Å². The molecule has 0 saturated carbocycles. The number of aryl methyl sites for hydroxylation is 1. The Hall–Kier alpha value is -0.930. The van der Waals surface area contributed by atoms with E-state index in [1.807, 2.05) is 44.2 Å². The highest BCUT2D eigenvalue weighted by molar-refractivity contribution is 7.89. The molecule has 2 nitrogen and oxygen atoms in total. The van der Waals surface area contributed by atoms with Gasteiger partial charge in [0.2, 0.25) is 0 Å². The third kappa shape index (κ3) is 4.57. The Kier molecular flexibility index (Phi) is 6.63. The molecular weight excluding hydrogens is 268 g/mol. The van der Waals surface area contributed by atoms with Gasteiger partial charge in [-0.05, 0) is 38.3 Å². The summed E-state index contributed by atoms with van der Waals surface area (Å²) in [6, 6.07) is 7.77. The average molecular weight is 294 g/mol. The lowest BCUT2D eigenvalue weighted by Crippen LogP contribution is -2.21. The zero-order chi connectivity index (χ0) is 15.3. The minimum absolute atomic E-state index is 0.0560. The second kappa shape index (κ2) is 7.75. The molecular formula is C17H26O2S. The summed E-state index contributed by atoms with van der Waals surface area (Å²) in [4.78, 5) is 1.66. The fourth-order valence-corrected chi connectivity index (χ4v) is 3.92. The quantitative estimate of drug-likeness (QED) is 0.859. The van der Waals surface area contributed by atoms with E-state index in [2.05, 4.69) is 13.8 Å². The SMILES string of the molecule is CC[C@@H](/C(=C\C(C)C)[S@@](=O)c1ccc(C)cc1)[C@@H](C)O. The molecule has 3 atom stereocenters. The van der Waals surface area contributed by atoms with E-state index in [4.69, 9.17) is 0 Å².